The second-order valence-corrected chi connectivity index (χ2v) is 7.39. The van der Waals surface area contributed by atoms with Gasteiger partial charge < -0.3 is 10.1 Å². The van der Waals surface area contributed by atoms with Crippen LogP contribution < -0.4 is 5.32 Å². The van der Waals surface area contributed by atoms with Crippen LogP contribution in [0.5, 0.6) is 0 Å². The molecule has 0 aromatic heterocycles. The highest BCUT2D eigenvalue weighted by Gasteiger charge is 2.34. The van der Waals surface area contributed by atoms with Crippen molar-refractivity contribution in [1.29, 1.82) is 0 Å². The van der Waals surface area contributed by atoms with E-state index in [4.69, 9.17) is 4.74 Å². The van der Waals surface area contributed by atoms with Gasteiger partial charge in [0.15, 0.2) is 0 Å². The summed E-state index contributed by atoms with van der Waals surface area (Å²) in [4.78, 5) is 0. The molecule has 2 heteroatoms. The Kier molecular flexibility index (Phi) is 3.84. The molecule has 1 aliphatic heterocycles. The summed E-state index contributed by atoms with van der Waals surface area (Å²) in [6.45, 7) is 11.4. The number of nitrogens with one attached hydrogen (secondary N) is 1. The molecule has 3 unspecified atom stereocenters. The summed E-state index contributed by atoms with van der Waals surface area (Å²) in [6.07, 6.45) is 6.46. The molecule has 0 amide bonds. The van der Waals surface area contributed by atoms with E-state index in [0.717, 1.165) is 19.1 Å². The largest absolute Gasteiger partial charge is 0.374 e. The molecule has 1 saturated heterocycles. The lowest BCUT2D eigenvalue weighted by Gasteiger charge is -2.40. The van der Waals surface area contributed by atoms with Crippen LogP contribution in [0, 0.1) is 11.3 Å². The second-order valence-electron chi connectivity index (χ2n) is 7.39. The monoisotopic (exact) mass is 239 g/mol. The van der Waals surface area contributed by atoms with Crippen LogP contribution in [-0.2, 0) is 4.74 Å². The van der Waals surface area contributed by atoms with Crippen molar-refractivity contribution in [3.8, 4) is 0 Å². The van der Waals surface area contributed by atoms with Gasteiger partial charge in [-0.1, -0.05) is 20.8 Å². The number of rotatable bonds is 3. The van der Waals surface area contributed by atoms with E-state index < -0.39 is 0 Å². The lowest BCUT2D eigenvalue weighted by Crippen LogP contribution is -2.46. The molecule has 2 rings (SSSR count). The topological polar surface area (TPSA) is 21.3 Å². The van der Waals surface area contributed by atoms with E-state index in [1.165, 1.54) is 32.1 Å². The molecule has 1 saturated carbocycles. The molecule has 2 aliphatic rings. The average Bonchev–Trinajstić information content (AvgIpc) is 2.60. The van der Waals surface area contributed by atoms with Crippen LogP contribution >= 0.6 is 0 Å². The molecule has 0 spiro atoms. The highest BCUT2D eigenvalue weighted by Crippen LogP contribution is 2.38. The van der Waals surface area contributed by atoms with E-state index >= 15 is 0 Å². The van der Waals surface area contributed by atoms with Gasteiger partial charge in [0.2, 0.25) is 0 Å². The first-order valence-corrected chi connectivity index (χ1v) is 7.26. The second kappa shape index (κ2) is 4.89. The lowest BCUT2D eigenvalue weighted by atomic mass is 9.70. The first kappa shape index (κ1) is 13.4. The van der Waals surface area contributed by atoms with Crippen molar-refractivity contribution in [2.24, 2.45) is 11.3 Å². The molecule has 0 radical (unpaired) electrons. The summed E-state index contributed by atoms with van der Waals surface area (Å²) >= 11 is 0. The van der Waals surface area contributed by atoms with Crippen LogP contribution in [0.15, 0.2) is 0 Å². The lowest BCUT2D eigenvalue weighted by molar-refractivity contribution is 0.0143. The quantitative estimate of drug-likeness (QED) is 0.815. The molecule has 1 aliphatic carbocycles. The third-order valence-electron chi connectivity index (χ3n) is 4.45. The fourth-order valence-corrected chi connectivity index (χ4v) is 3.84. The molecule has 17 heavy (non-hydrogen) atoms. The summed E-state index contributed by atoms with van der Waals surface area (Å²) in [7, 11) is 0. The van der Waals surface area contributed by atoms with E-state index in [-0.39, 0.29) is 5.60 Å². The fraction of sp³-hybridized carbons (Fsp3) is 1.00. The number of hydrogen-bond acceptors (Lipinski definition) is 2. The predicted octanol–water partition coefficient (Wildman–Crippen LogP) is 3.36. The standard InChI is InChI=1S/C15H29NO/c1-12-8-13(10-14(2,3)9-12)16-11-15(4)6-5-7-17-15/h12-13,16H,5-11H2,1-4H3. The van der Waals surface area contributed by atoms with Crippen LogP contribution in [0.25, 0.3) is 0 Å². The van der Waals surface area contributed by atoms with Crippen molar-refractivity contribution in [2.75, 3.05) is 13.2 Å². The Labute approximate surface area is 107 Å². The Bertz CT molecular complexity index is 256. The zero-order valence-corrected chi connectivity index (χ0v) is 12.0. The third-order valence-corrected chi connectivity index (χ3v) is 4.45. The number of ether oxygens (including phenoxy) is 1. The highest BCUT2D eigenvalue weighted by atomic mass is 16.5. The van der Waals surface area contributed by atoms with Gasteiger partial charge in [-0.05, 0) is 50.4 Å². The van der Waals surface area contributed by atoms with Crippen LogP contribution in [-0.4, -0.2) is 24.8 Å². The Hall–Kier alpha value is -0.0800. The van der Waals surface area contributed by atoms with E-state index in [0.29, 0.717) is 11.5 Å². The Balaban J connectivity index is 1.82. The molecular weight excluding hydrogens is 210 g/mol. The molecule has 2 nitrogen and oxygen atoms in total. The molecule has 2 fully saturated rings. The first-order valence-electron chi connectivity index (χ1n) is 7.26. The molecule has 0 bridgehead atoms. The minimum absolute atomic E-state index is 0.102. The van der Waals surface area contributed by atoms with Crippen molar-refractivity contribution in [3.05, 3.63) is 0 Å². The average molecular weight is 239 g/mol. The SMILES string of the molecule is CC1CC(NCC2(C)CCCO2)CC(C)(C)C1. The molecule has 0 aromatic rings. The molecule has 0 aromatic carbocycles. The number of hydrogen-bond donors (Lipinski definition) is 1. The summed E-state index contributed by atoms with van der Waals surface area (Å²) < 4.78 is 5.85. The molecular formula is C15H29NO. The van der Waals surface area contributed by atoms with Crippen LogP contribution in [0.4, 0.5) is 0 Å². The third kappa shape index (κ3) is 3.69. The summed E-state index contributed by atoms with van der Waals surface area (Å²) in [5.74, 6) is 0.855. The van der Waals surface area contributed by atoms with Crippen LogP contribution in [0.1, 0.15) is 59.8 Å². The Morgan fingerprint density at radius 2 is 2.00 bits per heavy atom. The van der Waals surface area contributed by atoms with Crippen molar-refractivity contribution in [2.45, 2.75) is 71.4 Å². The van der Waals surface area contributed by atoms with Crippen molar-refractivity contribution in [1.82, 2.24) is 5.32 Å². The van der Waals surface area contributed by atoms with Crippen molar-refractivity contribution in [3.63, 3.8) is 0 Å². The normalized spacial score (nSPS) is 41.6. The molecule has 100 valence electrons. The van der Waals surface area contributed by atoms with Gasteiger partial charge in [-0.25, -0.2) is 0 Å². The van der Waals surface area contributed by atoms with Gasteiger partial charge in [0.25, 0.3) is 0 Å². The van der Waals surface area contributed by atoms with E-state index in [9.17, 15) is 0 Å². The van der Waals surface area contributed by atoms with Gasteiger partial charge >= 0.3 is 0 Å². The maximum absolute atomic E-state index is 5.85. The zero-order chi connectivity index (χ0) is 12.5. The Morgan fingerprint density at radius 3 is 2.59 bits per heavy atom. The summed E-state index contributed by atoms with van der Waals surface area (Å²) in [5, 5.41) is 3.77. The van der Waals surface area contributed by atoms with Gasteiger partial charge in [-0.2, -0.15) is 0 Å². The summed E-state index contributed by atoms with van der Waals surface area (Å²) in [6, 6.07) is 0.690. The van der Waals surface area contributed by atoms with E-state index in [2.05, 4.69) is 33.0 Å². The fourth-order valence-electron chi connectivity index (χ4n) is 3.84. The van der Waals surface area contributed by atoms with Gasteiger partial charge in [0, 0.05) is 19.2 Å². The van der Waals surface area contributed by atoms with Crippen LogP contribution in [0.2, 0.25) is 0 Å². The molecule has 1 heterocycles. The smallest absolute Gasteiger partial charge is 0.0779 e. The van der Waals surface area contributed by atoms with E-state index in [1.807, 2.05) is 0 Å². The van der Waals surface area contributed by atoms with Gasteiger partial charge in [0.05, 0.1) is 5.60 Å². The predicted molar refractivity (Wildman–Crippen MR) is 72.2 cm³/mol. The maximum Gasteiger partial charge on any atom is 0.0779 e. The van der Waals surface area contributed by atoms with E-state index in [1.54, 1.807) is 0 Å². The first-order chi connectivity index (χ1) is 7.89. The minimum atomic E-state index is 0.102. The zero-order valence-electron chi connectivity index (χ0n) is 12.0. The molecule has 3 atom stereocenters. The summed E-state index contributed by atoms with van der Waals surface area (Å²) in [5.41, 5.74) is 0.609. The van der Waals surface area contributed by atoms with Gasteiger partial charge in [-0.15, -0.1) is 0 Å². The van der Waals surface area contributed by atoms with Gasteiger partial charge in [0.1, 0.15) is 0 Å². The van der Waals surface area contributed by atoms with Crippen LogP contribution in [0.3, 0.4) is 0 Å². The highest BCUT2D eigenvalue weighted by molar-refractivity contribution is 4.89. The molecule has 1 N–H and O–H groups in total. The van der Waals surface area contributed by atoms with Crippen molar-refractivity contribution >= 4 is 0 Å². The van der Waals surface area contributed by atoms with Crippen molar-refractivity contribution < 1.29 is 4.74 Å². The Morgan fingerprint density at radius 1 is 1.24 bits per heavy atom. The maximum atomic E-state index is 5.85. The minimum Gasteiger partial charge on any atom is -0.374 e. The van der Waals surface area contributed by atoms with Gasteiger partial charge in [-0.3, -0.25) is 0 Å².